The molecular formula is C25H22FN7O. The van der Waals surface area contributed by atoms with Gasteiger partial charge in [0.1, 0.15) is 17.7 Å². The quantitative estimate of drug-likeness (QED) is 0.421. The summed E-state index contributed by atoms with van der Waals surface area (Å²) >= 11 is 0. The number of carbonyl (C=O) groups excluding carboxylic acids is 1. The minimum absolute atomic E-state index is 0.286. The second kappa shape index (κ2) is 9.92. The number of aryl methyl sites for hydroxylation is 1. The molecule has 1 aromatic carbocycles. The molecule has 0 aliphatic rings. The van der Waals surface area contributed by atoms with E-state index in [2.05, 4.69) is 21.5 Å². The fraction of sp³-hybridized carbons (Fsp3) is 0.160. The molecule has 0 bridgehead atoms. The molecule has 170 valence electrons. The number of nitrogens with one attached hydrogen (secondary N) is 1. The number of nitrogens with zero attached hydrogens (tertiary/aromatic N) is 5. The predicted molar refractivity (Wildman–Crippen MR) is 125 cm³/mol. The number of carbonyl (C=O) groups is 1. The summed E-state index contributed by atoms with van der Waals surface area (Å²) < 4.78 is 15.2. The predicted octanol–water partition coefficient (Wildman–Crippen LogP) is 3.16. The SMILES string of the molecule is Cn1cc(-c2nc(NCCc3cccc(F)c3)c(C(C(N)=O)c3cccnc3)cc2C#N)cn1. The van der Waals surface area contributed by atoms with Crippen LogP contribution in [0.1, 0.15) is 28.2 Å². The molecule has 0 saturated heterocycles. The number of nitrogens with two attached hydrogens (primary N) is 1. The average molecular weight is 455 g/mol. The molecule has 8 nitrogen and oxygen atoms in total. The number of aromatic nitrogens is 4. The van der Waals surface area contributed by atoms with Crippen LogP contribution in [0.15, 0.2) is 67.3 Å². The number of halogens is 1. The molecule has 0 radical (unpaired) electrons. The lowest BCUT2D eigenvalue weighted by Gasteiger charge is -2.20. The van der Waals surface area contributed by atoms with E-state index in [-0.39, 0.29) is 11.4 Å². The summed E-state index contributed by atoms with van der Waals surface area (Å²) in [6.45, 7) is 0.417. The van der Waals surface area contributed by atoms with Crippen LogP contribution in [-0.4, -0.2) is 32.2 Å². The van der Waals surface area contributed by atoms with E-state index in [1.165, 1.54) is 12.1 Å². The van der Waals surface area contributed by atoms with Crippen molar-refractivity contribution in [1.82, 2.24) is 19.7 Å². The highest BCUT2D eigenvalue weighted by Gasteiger charge is 2.26. The topological polar surface area (TPSA) is 123 Å². The van der Waals surface area contributed by atoms with Crippen molar-refractivity contribution < 1.29 is 9.18 Å². The summed E-state index contributed by atoms with van der Waals surface area (Å²) in [5, 5.41) is 17.3. The van der Waals surface area contributed by atoms with E-state index >= 15 is 0 Å². The van der Waals surface area contributed by atoms with Crippen LogP contribution in [0.5, 0.6) is 0 Å². The first-order chi connectivity index (χ1) is 16.5. The zero-order chi connectivity index (χ0) is 24.1. The molecule has 0 aliphatic carbocycles. The first-order valence-electron chi connectivity index (χ1n) is 10.6. The van der Waals surface area contributed by atoms with Gasteiger partial charge >= 0.3 is 0 Å². The van der Waals surface area contributed by atoms with Crippen molar-refractivity contribution in [2.75, 3.05) is 11.9 Å². The van der Waals surface area contributed by atoms with Crippen molar-refractivity contribution in [3.05, 3.63) is 95.3 Å². The summed E-state index contributed by atoms with van der Waals surface area (Å²) in [4.78, 5) is 21.4. The molecule has 1 atom stereocenters. The number of rotatable bonds is 8. The summed E-state index contributed by atoms with van der Waals surface area (Å²) in [7, 11) is 1.77. The minimum atomic E-state index is -0.868. The highest BCUT2D eigenvalue weighted by atomic mass is 19.1. The fourth-order valence-corrected chi connectivity index (χ4v) is 3.80. The number of amides is 1. The third-order valence-electron chi connectivity index (χ3n) is 5.36. The van der Waals surface area contributed by atoms with E-state index in [1.54, 1.807) is 60.8 Å². The van der Waals surface area contributed by atoms with Gasteiger partial charge in [0.25, 0.3) is 0 Å². The lowest BCUT2D eigenvalue weighted by Crippen LogP contribution is -2.24. The monoisotopic (exact) mass is 455 g/mol. The number of hydrogen-bond donors (Lipinski definition) is 2. The van der Waals surface area contributed by atoms with Crippen molar-refractivity contribution in [3.63, 3.8) is 0 Å². The Labute approximate surface area is 195 Å². The molecule has 0 fully saturated rings. The maximum Gasteiger partial charge on any atom is 0.229 e. The largest absolute Gasteiger partial charge is 0.369 e. The van der Waals surface area contributed by atoms with Crippen molar-refractivity contribution in [2.24, 2.45) is 12.8 Å². The van der Waals surface area contributed by atoms with Crippen LogP contribution in [-0.2, 0) is 18.3 Å². The third kappa shape index (κ3) is 4.91. The Bertz CT molecular complexity index is 1360. The molecule has 34 heavy (non-hydrogen) atoms. The molecule has 1 unspecified atom stereocenters. The van der Waals surface area contributed by atoms with Gasteiger partial charge in [0.2, 0.25) is 5.91 Å². The third-order valence-corrected chi connectivity index (χ3v) is 5.36. The Hall–Kier alpha value is -4.58. The number of benzene rings is 1. The number of primary amides is 1. The van der Waals surface area contributed by atoms with Crippen LogP contribution in [0.4, 0.5) is 10.2 Å². The van der Waals surface area contributed by atoms with Crippen molar-refractivity contribution in [3.8, 4) is 17.3 Å². The van der Waals surface area contributed by atoms with Gasteiger partial charge in [0, 0.05) is 43.3 Å². The Kier molecular flexibility index (Phi) is 6.59. The molecular weight excluding hydrogens is 433 g/mol. The normalized spacial score (nSPS) is 11.6. The van der Waals surface area contributed by atoms with E-state index in [9.17, 15) is 14.4 Å². The van der Waals surface area contributed by atoms with Gasteiger partial charge in [-0.05, 0) is 41.8 Å². The van der Waals surface area contributed by atoms with Crippen molar-refractivity contribution in [1.29, 1.82) is 5.26 Å². The highest BCUT2D eigenvalue weighted by Crippen LogP contribution is 2.33. The fourth-order valence-electron chi connectivity index (χ4n) is 3.80. The maximum atomic E-state index is 13.6. The van der Waals surface area contributed by atoms with Gasteiger partial charge in [0.05, 0.1) is 23.4 Å². The zero-order valence-corrected chi connectivity index (χ0v) is 18.4. The van der Waals surface area contributed by atoms with E-state index < -0.39 is 11.8 Å². The second-order valence-electron chi connectivity index (χ2n) is 7.77. The molecule has 0 saturated carbocycles. The van der Waals surface area contributed by atoms with Crippen LogP contribution >= 0.6 is 0 Å². The molecule has 9 heteroatoms. The van der Waals surface area contributed by atoms with Crippen LogP contribution in [0.25, 0.3) is 11.3 Å². The highest BCUT2D eigenvalue weighted by molar-refractivity contribution is 5.88. The van der Waals surface area contributed by atoms with Gasteiger partial charge in [0.15, 0.2) is 0 Å². The van der Waals surface area contributed by atoms with E-state index in [0.29, 0.717) is 41.2 Å². The molecule has 1 amide bonds. The molecule has 4 aromatic rings. The Morgan fingerprint density at radius 3 is 2.76 bits per heavy atom. The standard InChI is InChI=1S/C25H22FN7O/c1-33-15-19(14-31-33)23-18(12-27)11-21(22(24(28)34)17-5-3-8-29-13-17)25(32-23)30-9-7-16-4-2-6-20(26)10-16/h2-6,8,10-11,13-15,22H,7,9H2,1H3,(H2,28,34)(H,30,32). The Balaban J connectivity index is 1.78. The van der Waals surface area contributed by atoms with Crippen LogP contribution in [0.3, 0.4) is 0 Å². The van der Waals surface area contributed by atoms with Gasteiger partial charge in [-0.25, -0.2) is 9.37 Å². The van der Waals surface area contributed by atoms with Gasteiger partial charge < -0.3 is 11.1 Å². The summed E-state index contributed by atoms with van der Waals surface area (Å²) in [6.07, 6.45) is 7.06. The summed E-state index contributed by atoms with van der Waals surface area (Å²) in [5.41, 5.74) is 9.03. The maximum absolute atomic E-state index is 13.6. The molecule has 3 N–H and O–H groups in total. The zero-order valence-electron chi connectivity index (χ0n) is 18.4. The molecule has 3 aromatic heterocycles. The summed E-state index contributed by atoms with van der Waals surface area (Å²) in [6, 6.07) is 13.6. The Morgan fingerprint density at radius 2 is 2.12 bits per heavy atom. The van der Waals surface area contributed by atoms with Gasteiger partial charge in [-0.3, -0.25) is 14.5 Å². The minimum Gasteiger partial charge on any atom is -0.369 e. The van der Waals surface area contributed by atoms with Crippen LogP contribution in [0, 0.1) is 17.1 Å². The van der Waals surface area contributed by atoms with Crippen LogP contribution < -0.4 is 11.1 Å². The van der Waals surface area contributed by atoms with Crippen molar-refractivity contribution in [2.45, 2.75) is 12.3 Å². The lowest BCUT2D eigenvalue weighted by atomic mass is 9.90. The van der Waals surface area contributed by atoms with Gasteiger partial charge in [-0.1, -0.05) is 18.2 Å². The van der Waals surface area contributed by atoms with Crippen molar-refractivity contribution >= 4 is 11.7 Å². The number of pyridine rings is 2. The lowest BCUT2D eigenvalue weighted by molar-refractivity contribution is -0.118. The first kappa shape index (κ1) is 22.6. The first-order valence-corrected chi connectivity index (χ1v) is 10.6. The molecule has 3 heterocycles. The molecule has 0 aliphatic heterocycles. The van der Waals surface area contributed by atoms with E-state index in [1.807, 2.05) is 6.07 Å². The van der Waals surface area contributed by atoms with Crippen LogP contribution in [0.2, 0.25) is 0 Å². The number of hydrogen-bond acceptors (Lipinski definition) is 6. The molecule has 4 rings (SSSR count). The second-order valence-corrected chi connectivity index (χ2v) is 7.77. The summed E-state index contributed by atoms with van der Waals surface area (Å²) in [5.74, 6) is -1.37. The van der Waals surface area contributed by atoms with E-state index in [4.69, 9.17) is 10.7 Å². The average Bonchev–Trinajstić information content (AvgIpc) is 3.26. The smallest absolute Gasteiger partial charge is 0.229 e. The number of nitriles is 1. The Morgan fingerprint density at radius 1 is 1.26 bits per heavy atom. The van der Waals surface area contributed by atoms with E-state index in [0.717, 1.165) is 5.56 Å². The van der Waals surface area contributed by atoms with Gasteiger partial charge in [-0.15, -0.1) is 0 Å². The molecule has 0 spiro atoms. The van der Waals surface area contributed by atoms with Gasteiger partial charge in [-0.2, -0.15) is 10.4 Å². The number of anilines is 1.